The molecule has 0 aromatic rings. The van der Waals surface area contributed by atoms with E-state index >= 15 is 0 Å². The van der Waals surface area contributed by atoms with Gasteiger partial charge in [0.2, 0.25) is 0 Å². The van der Waals surface area contributed by atoms with Crippen LogP contribution in [0.1, 0.15) is 52.4 Å². The molecule has 0 spiro atoms. The van der Waals surface area contributed by atoms with Gasteiger partial charge < -0.3 is 10.0 Å². The van der Waals surface area contributed by atoms with Crippen molar-refractivity contribution in [2.24, 2.45) is 5.92 Å². The molecular formula is C13H25NO. The molecule has 1 atom stereocenters. The molecular weight excluding hydrogens is 186 g/mol. The van der Waals surface area contributed by atoms with E-state index in [0.717, 1.165) is 25.2 Å². The van der Waals surface area contributed by atoms with Gasteiger partial charge in [0.15, 0.2) is 0 Å². The minimum Gasteiger partial charge on any atom is -0.390 e. The Morgan fingerprint density at radius 3 is 2.60 bits per heavy atom. The Balaban J connectivity index is 1.68. The average molecular weight is 211 g/mol. The molecule has 0 aromatic heterocycles. The fourth-order valence-corrected chi connectivity index (χ4v) is 2.87. The summed E-state index contributed by atoms with van der Waals surface area (Å²) in [5, 5.41) is 10.0. The van der Waals surface area contributed by atoms with E-state index < -0.39 is 0 Å². The predicted octanol–water partition coefficient (Wildman–Crippen LogP) is 2.41. The number of aliphatic hydroxyl groups is 1. The van der Waals surface area contributed by atoms with Crippen molar-refractivity contribution < 1.29 is 5.11 Å². The van der Waals surface area contributed by atoms with E-state index in [1.807, 2.05) is 0 Å². The van der Waals surface area contributed by atoms with Gasteiger partial charge >= 0.3 is 0 Å². The summed E-state index contributed by atoms with van der Waals surface area (Å²) in [6.07, 6.45) is 6.96. The van der Waals surface area contributed by atoms with Crippen LogP contribution in [0, 0.1) is 5.92 Å². The highest BCUT2D eigenvalue weighted by Gasteiger charge is 2.35. The Labute approximate surface area is 93.7 Å². The van der Waals surface area contributed by atoms with Crippen LogP contribution in [0.2, 0.25) is 0 Å². The molecule has 1 heterocycles. The SMILES string of the molecule is CC(C)N1CCC(CCC2(O)CCC2)C1. The number of hydrogen-bond donors (Lipinski definition) is 1. The van der Waals surface area contributed by atoms with E-state index in [4.69, 9.17) is 0 Å². The van der Waals surface area contributed by atoms with Gasteiger partial charge in [-0.15, -0.1) is 0 Å². The van der Waals surface area contributed by atoms with Crippen LogP contribution in [0.15, 0.2) is 0 Å². The van der Waals surface area contributed by atoms with Crippen molar-refractivity contribution in [2.45, 2.75) is 64.0 Å². The maximum Gasteiger partial charge on any atom is 0.0648 e. The van der Waals surface area contributed by atoms with Gasteiger partial charge in [0.25, 0.3) is 0 Å². The highest BCUT2D eigenvalue weighted by Crippen LogP contribution is 2.37. The fourth-order valence-electron chi connectivity index (χ4n) is 2.87. The summed E-state index contributed by atoms with van der Waals surface area (Å²) in [4.78, 5) is 2.56. The van der Waals surface area contributed by atoms with E-state index in [2.05, 4.69) is 18.7 Å². The van der Waals surface area contributed by atoms with Crippen molar-refractivity contribution >= 4 is 0 Å². The smallest absolute Gasteiger partial charge is 0.0648 e. The van der Waals surface area contributed by atoms with E-state index in [0.29, 0.717) is 6.04 Å². The Morgan fingerprint density at radius 2 is 2.13 bits per heavy atom. The molecule has 15 heavy (non-hydrogen) atoms. The molecule has 2 nitrogen and oxygen atoms in total. The maximum atomic E-state index is 10.0. The van der Waals surface area contributed by atoms with Crippen molar-refractivity contribution in [3.63, 3.8) is 0 Å². The molecule has 1 saturated carbocycles. The van der Waals surface area contributed by atoms with Crippen molar-refractivity contribution in [1.29, 1.82) is 0 Å². The highest BCUT2D eigenvalue weighted by atomic mass is 16.3. The van der Waals surface area contributed by atoms with Crippen molar-refractivity contribution in [3.05, 3.63) is 0 Å². The first-order valence-electron chi connectivity index (χ1n) is 6.55. The van der Waals surface area contributed by atoms with Crippen molar-refractivity contribution in [3.8, 4) is 0 Å². The Kier molecular flexibility index (Phi) is 3.36. The third kappa shape index (κ3) is 2.73. The van der Waals surface area contributed by atoms with Crippen molar-refractivity contribution in [1.82, 2.24) is 4.90 Å². The molecule has 0 radical (unpaired) electrons. The Bertz CT molecular complexity index is 211. The first-order valence-corrected chi connectivity index (χ1v) is 6.55. The van der Waals surface area contributed by atoms with Gasteiger partial charge in [-0.1, -0.05) is 0 Å². The summed E-state index contributed by atoms with van der Waals surface area (Å²) in [7, 11) is 0. The lowest BCUT2D eigenvalue weighted by Crippen LogP contribution is -2.37. The fraction of sp³-hybridized carbons (Fsp3) is 1.00. The lowest BCUT2D eigenvalue weighted by molar-refractivity contribution is -0.0443. The zero-order chi connectivity index (χ0) is 10.9. The number of hydrogen-bond acceptors (Lipinski definition) is 2. The summed E-state index contributed by atoms with van der Waals surface area (Å²) in [6, 6.07) is 0.696. The standard InChI is InChI=1S/C13H25NO/c1-11(2)14-9-5-12(10-14)4-8-13(15)6-3-7-13/h11-12,15H,3-10H2,1-2H3. The summed E-state index contributed by atoms with van der Waals surface area (Å²) in [5.41, 5.74) is -0.259. The lowest BCUT2D eigenvalue weighted by atomic mass is 9.76. The van der Waals surface area contributed by atoms with Crippen LogP contribution in [0.3, 0.4) is 0 Å². The first-order chi connectivity index (χ1) is 7.09. The molecule has 0 aromatic carbocycles. The second kappa shape index (κ2) is 4.42. The van der Waals surface area contributed by atoms with E-state index in [-0.39, 0.29) is 5.60 Å². The molecule has 2 rings (SSSR count). The maximum absolute atomic E-state index is 10.0. The van der Waals surface area contributed by atoms with Gasteiger partial charge in [-0.05, 0) is 64.8 Å². The highest BCUT2D eigenvalue weighted by molar-refractivity contribution is 4.89. The van der Waals surface area contributed by atoms with Gasteiger partial charge in [-0.25, -0.2) is 0 Å². The molecule has 88 valence electrons. The topological polar surface area (TPSA) is 23.5 Å². The minimum atomic E-state index is -0.259. The monoisotopic (exact) mass is 211 g/mol. The van der Waals surface area contributed by atoms with Crippen LogP contribution in [0.25, 0.3) is 0 Å². The summed E-state index contributed by atoms with van der Waals surface area (Å²) in [5.74, 6) is 0.844. The lowest BCUT2D eigenvalue weighted by Gasteiger charge is -2.37. The van der Waals surface area contributed by atoms with Gasteiger partial charge in [-0.3, -0.25) is 0 Å². The second-order valence-corrected chi connectivity index (χ2v) is 5.86. The van der Waals surface area contributed by atoms with E-state index in [1.165, 1.54) is 32.4 Å². The molecule has 1 aliphatic carbocycles. The van der Waals surface area contributed by atoms with Crippen LogP contribution < -0.4 is 0 Å². The summed E-state index contributed by atoms with van der Waals surface area (Å²) >= 11 is 0. The molecule has 1 unspecified atom stereocenters. The van der Waals surface area contributed by atoms with Crippen LogP contribution in [0.4, 0.5) is 0 Å². The van der Waals surface area contributed by atoms with Crippen LogP contribution >= 0.6 is 0 Å². The molecule has 2 fully saturated rings. The van der Waals surface area contributed by atoms with E-state index in [1.54, 1.807) is 0 Å². The summed E-state index contributed by atoms with van der Waals surface area (Å²) < 4.78 is 0. The zero-order valence-electron chi connectivity index (χ0n) is 10.2. The third-order valence-corrected chi connectivity index (χ3v) is 4.35. The molecule has 1 saturated heterocycles. The predicted molar refractivity (Wildman–Crippen MR) is 62.9 cm³/mol. The normalized spacial score (nSPS) is 30.8. The molecule has 1 N–H and O–H groups in total. The summed E-state index contributed by atoms with van der Waals surface area (Å²) in [6.45, 7) is 7.08. The van der Waals surface area contributed by atoms with Crippen molar-refractivity contribution in [2.75, 3.05) is 13.1 Å². The Morgan fingerprint density at radius 1 is 1.40 bits per heavy atom. The zero-order valence-corrected chi connectivity index (χ0v) is 10.2. The molecule has 0 amide bonds. The Hall–Kier alpha value is -0.0800. The van der Waals surface area contributed by atoms with Gasteiger partial charge in [0.1, 0.15) is 0 Å². The minimum absolute atomic E-state index is 0.259. The second-order valence-electron chi connectivity index (χ2n) is 5.86. The number of likely N-dealkylation sites (tertiary alicyclic amines) is 1. The van der Waals surface area contributed by atoms with Crippen LogP contribution in [-0.4, -0.2) is 34.7 Å². The average Bonchev–Trinajstić information content (AvgIpc) is 2.60. The van der Waals surface area contributed by atoms with Gasteiger partial charge in [0.05, 0.1) is 5.60 Å². The molecule has 2 heteroatoms. The number of rotatable bonds is 4. The quantitative estimate of drug-likeness (QED) is 0.772. The molecule has 1 aliphatic heterocycles. The van der Waals surface area contributed by atoms with Crippen LogP contribution in [-0.2, 0) is 0 Å². The first kappa shape index (κ1) is 11.4. The van der Waals surface area contributed by atoms with Gasteiger partial charge in [-0.2, -0.15) is 0 Å². The largest absolute Gasteiger partial charge is 0.390 e. The molecule has 2 aliphatic rings. The van der Waals surface area contributed by atoms with E-state index in [9.17, 15) is 5.11 Å². The van der Waals surface area contributed by atoms with Gasteiger partial charge in [0, 0.05) is 12.6 Å². The number of nitrogens with zero attached hydrogens (tertiary/aromatic N) is 1. The molecule has 0 bridgehead atoms. The van der Waals surface area contributed by atoms with Crippen LogP contribution in [0.5, 0.6) is 0 Å². The third-order valence-electron chi connectivity index (χ3n) is 4.35.